The van der Waals surface area contributed by atoms with Crippen LogP contribution in [0.1, 0.15) is 11.1 Å². The van der Waals surface area contributed by atoms with E-state index in [4.69, 9.17) is 30.9 Å². The first-order valence-electron chi connectivity index (χ1n) is 7.78. The molecule has 3 rings (SSSR count). The fourth-order valence-corrected chi connectivity index (χ4v) is 2.78. The first kappa shape index (κ1) is 17.9. The van der Waals surface area contributed by atoms with E-state index in [9.17, 15) is 9.59 Å². The smallest absolute Gasteiger partial charge is 0.410 e. The quantitative estimate of drug-likeness (QED) is 0.831. The third-order valence-corrected chi connectivity index (χ3v) is 3.93. The lowest BCUT2D eigenvalue weighted by Gasteiger charge is -2.20. The molecule has 0 saturated heterocycles. The molecule has 7 nitrogen and oxygen atoms in total. The average Bonchev–Trinajstić information content (AvgIpc) is 3.09. The number of carboxylic acid groups (broad SMARTS) is 1. The van der Waals surface area contributed by atoms with Crippen LogP contribution in [0.4, 0.5) is 4.79 Å². The Morgan fingerprint density at radius 2 is 1.92 bits per heavy atom. The summed E-state index contributed by atoms with van der Waals surface area (Å²) in [4.78, 5) is 24.5. The number of nitrogens with zero attached hydrogens (tertiary/aromatic N) is 1. The summed E-state index contributed by atoms with van der Waals surface area (Å²) < 4.78 is 15.7. The summed E-state index contributed by atoms with van der Waals surface area (Å²) in [6.45, 7) is -0.371. The van der Waals surface area contributed by atoms with Gasteiger partial charge in [0.15, 0.2) is 11.5 Å². The lowest BCUT2D eigenvalue weighted by atomic mass is 10.2. The Labute approximate surface area is 154 Å². The van der Waals surface area contributed by atoms with Crippen LogP contribution < -0.4 is 9.47 Å². The second kappa shape index (κ2) is 7.97. The summed E-state index contributed by atoms with van der Waals surface area (Å²) in [6.07, 6.45) is -0.731. The molecule has 0 aromatic heterocycles. The molecule has 0 radical (unpaired) electrons. The number of benzene rings is 2. The van der Waals surface area contributed by atoms with E-state index in [1.165, 1.54) is 0 Å². The van der Waals surface area contributed by atoms with Gasteiger partial charge >= 0.3 is 12.1 Å². The zero-order valence-corrected chi connectivity index (χ0v) is 14.4. The van der Waals surface area contributed by atoms with Crippen molar-refractivity contribution in [1.29, 1.82) is 0 Å². The molecule has 0 atom stereocenters. The molecule has 1 N–H and O–H groups in total. The average molecular weight is 378 g/mol. The minimum absolute atomic E-state index is 0.0102. The predicted octanol–water partition coefficient (Wildman–Crippen LogP) is 3.29. The van der Waals surface area contributed by atoms with Crippen LogP contribution in [-0.4, -0.2) is 35.4 Å². The van der Waals surface area contributed by atoms with Crippen LogP contribution in [-0.2, 0) is 22.7 Å². The Morgan fingerprint density at radius 3 is 2.65 bits per heavy atom. The van der Waals surface area contributed by atoms with Crippen molar-refractivity contribution in [3.05, 3.63) is 58.6 Å². The van der Waals surface area contributed by atoms with Crippen LogP contribution in [0, 0.1) is 0 Å². The molecule has 1 amide bonds. The summed E-state index contributed by atoms with van der Waals surface area (Å²) in [5.74, 6) is -0.249. The van der Waals surface area contributed by atoms with Crippen LogP contribution in [0.15, 0.2) is 42.5 Å². The summed E-state index contributed by atoms with van der Waals surface area (Å²) in [7, 11) is 0. The van der Waals surface area contributed by atoms with Crippen molar-refractivity contribution in [3.8, 4) is 11.5 Å². The Hall–Kier alpha value is -2.93. The van der Waals surface area contributed by atoms with Crippen LogP contribution in [0.2, 0.25) is 5.02 Å². The number of fused-ring (bicyclic) bond motifs is 1. The topological polar surface area (TPSA) is 85.3 Å². The lowest BCUT2D eigenvalue weighted by molar-refractivity contribution is -0.138. The number of carbonyl (C=O) groups excluding carboxylic acids is 1. The van der Waals surface area contributed by atoms with Gasteiger partial charge in [-0.1, -0.05) is 41.9 Å². The van der Waals surface area contributed by atoms with Crippen molar-refractivity contribution in [1.82, 2.24) is 4.90 Å². The molecular formula is C18H16ClNO6. The predicted molar refractivity (Wildman–Crippen MR) is 92.2 cm³/mol. The lowest BCUT2D eigenvalue weighted by Crippen LogP contribution is -2.35. The molecule has 8 heteroatoms. The van der Waals surface area contributed by atoms with Gasteiger partial charge in [-0.2, -0.15) is 0 Å². The van der Waals surface area contributed by atoms with E-state index in [1.807, 2.05) is 30.3 Å². The van der Waals surface area contributed by atoms with Gasteiger partial charge in [0, 0.05) is 6.54 Å². The number of amides is 1. The van der Waals surface area contributed by atoms with Crippen molar-refractivity contribution in [2.45, 2.75) is 13.2 Å². The minimum atomic E-state index is -1.14. The van der Waals surface area contributed by atoms with Gasteiger partial charge in [-0.15, -0.1) is 0 Å². The molecular weight excluding hydrogens is 362 g/mol. The SMILES string of the molecule is O=C(O)CN(Cc1cc(Cl)c2c(c1)OCO2)C(=O)OCc1ccccc1. The molecule has 1 aliphatic rings. The monoisotopic (exact) mass is 377 g/mol. The number of hydrogen-bond donors (Lipinski definition) is 1. The molecule has 26 heavy (non-hydrogen) atoms. The van der Waals surface area contributed by atoms with Gasteiger partial charge in [0.1, 0.15) is 13.2 Å². The molecule has 0 saturated carbocycles. The van der Waals surface area contributed by atoms with Crippen molar-refractivity contribution in [3.63, 3.8) is 0 Å². The van der Waals surface area contributed by atoms with Gasteiger partial charge in [-0.3, -0.25) is 9.69 Å². The van der Waals surface area contributed by atoms with E-state index < -0.39 is 18.6 Å². The zero-order valence-electron chi connectivity index (χ0n) is 13.7. The van der Waals surface area contributed by atoms with Crippen LogP contribution in [0.5, 0.6) is 11.5 Å². The molecule has 2 aromatic carbocycles. The van der Waals surface area contributed by atoms with Gasteiger partial charge in [0.25, 0.3) is 0 Å². The third kappa shape index (κ3) is 4.37. The fourth-order valence-electron chi connectivity index (χ4n) is 2.49. The highest BCUT2D eigenvalue weighted by molar-refractivity contribution is 6.32. The van der Waals surface area contributed by atoms with E-state index in [-0.39, 0.29) is 19.9 Å². The number of ether oxygens (including phenoxy) is 3. The van der Waals surface area contributed by atoms with E-state index in [0.717, 1.165) is 10.5 Å². The second-order valence-electron chi connectivity index (χ2n) is 5.60. The van der Waals surface area contributed by atoms with Crippen LogP contribution >= 0.6 is 11.6 Å². The first-order valence-corrected chi connectivity index (χ1v) is 8.16. The van der Waals surface area contributed by atoms with E-state index in [1.54, 1.807) is 12.1 Å². The second-order valence-corrected chi connectivity index (χ2v) is 6.01. The van der Waals surface area contributed by atoms with Gasteiger partial charge < -0.3 is 19.3 Å². The Kier molecular flexibility index (Phi) is 5.48. The minimum Gasteiger partial charge on any atom is -0.480 e. The molecule has 1 heterocycles. The number of rotatable bonds is 6. The van der Waals surface area contributed by atoms with Crippen molar-refractivity contribution in [2.75, 3.05) is 13.3 Å². The molecule has 0 spiro atoms. The Bertz CT molecular complexity index is 811. The molecule has 0 fully saturated rings. The summed E-state index contributed by atoms with van der Waals surface area (Å²) in [6, 6.07) is 12.4. The number of hydrogen-bond acceptors (Lipinski definition) is 5. The highest BCUT2D eigenvalue weighted by atomic mass is 35.5. The van der Waals surface area contributed by atoms with E-state index >= 15 is 0 Å². The standard InChI is InChI=1S/C18H16ClNO6/c19-14-6-13(7-15-17(14)26-11-25-15)8-20(9-16(21)22)18(23)24-10-12-4-2-1-3-5-12/h1-7H,8-11H2,(H,21,22). The zero-order chi connectivity index (χ0) is 18.5. The number of halogens is 1. The summed E-state index contributed by atoms with van der Waals surface area (Å²) in [5, 5.41) is 9.42. The maximum Gasteiger partial charge on any atom is 0.410 e. The number of carboxylic acids is 1. The van der Waals surface area contributed by atoms with Crippen molar-refractivity contribution < 1.29 is 28.9 Å². The molecule has 0 unspecified atom stereocenters. The molecule has 2 aromatic rings. The molecule has 136 valence electrons. The third-order valence-electron chi connectivity index (χ3n) is 3.65. The summed E-state index contributed by atoms with van der Waals surface area (Å²) in [5.41, 5.74) is 1.42. The van der Waals surface area contributed by atoms with Gasteiger partial charge in [-0.25, -0.2) is 4.79 Å². The number of carbonyl (C=O) groups is 2. The van der Waals surface area contributed by atoms with E-state index in [0.29, 0.717) is 22.1 Å². The highest BCUT2D eigenvalue weighted by Crippen LogP contribution is 2.40. The Balaban J connectivity index is 1.70. The molecule has 0 aliphatic carbocycles. The Morgan fingerprint density at radius 1 is 1.15 bits per heavy atom. The largest absolute Gasteiger partial charge is 0.480 e. The summed E-state index contributed by atoms with van der Waals surface area (Å²) >= 11 is 6.13. The first-order chi connectivity index (χ1) is 12.5. The molecule has 0 bridgehead atoms. The van der Waals surface area contributed by atoms with Crippen molar-refractivity contribution >= 4 is 23.7 Å². The normalized spacial score (nSPS) is 11.9. The van der Waals surface area contributed by atoms with Crippen LogP contribution in [0.3, 0.4) is 0 Å². The van der Waals surface area contributed by atoms with Gasteiger partial charge in [-0.05, 0) is 23.3 Å². The van der Waals surface area contributed by atoms with Gasteiger partial charge in [0.05, 0.1) is 5.02 Å². The highest BCUT2D eigenvalue weighted by Gasteiger charge is 2.22. The van der Waals surface area contributed by atoms with Gasteiger partial charge in [0.2, 0.25) is 6.79 Å². The maximum atomic E-state index is 12.3. The maximum absolute atomic E-state index is 12.3. The van der Waals surface area contributed by atoms with E-state index in [2.05, 4.69) is 0 Å². The van der Waals surface area contributed by atoms with Crippen LogP contribution in [0.25, 0.3) is 0 Å². The number of aliphatic carboxylic acids is 1. The van der Waals surface area contributed by atoms with Crippen molar-refractivity contribution in [2.24, 2.45) is 0 Å². The molecule has 1 aliphatic heterocycles. The fraction of sp³-hybridized carbons (Fsp3) is 0.222.